The van der Waals surface area contributed by atoms with Gasteiger partial charge >= 0.3 is 19.7 Å². The molecule has 4 heterocycles. The Morgan fingerprint density at radius 2 is 1.15 bits per heavy atom. The quantitative estimate of drug-likeness (QED) is 0.0910. The van der Waals surface area contributed by atoms with Crippen LogP contribution < -0.4 is 14.1 Å². The third-order valence-corrected chi connectivity index (χ3v) is 10.8. The summed E-state index contributed by atoms with van der Waals surface area (Å²) in [4.78, 5) is 83.3. The molecule has 0 aliphatic carbocycles. The molecule has 3 aromatic heterocycles. The SMILES string of the molecule is O=C(O[C@@H]1[C@H](OC(=O)c2ccccc2)[C@@H](COP(=O)([O-])[n+]2ccccc2)O[C@H]1n1cnc2c(N(C(=O)c3ccccc3)C(=O)c3ccccc3)ncnc21)c1ccccc1. The first-order chi connectivity index (χ1) is 29.2. The lowest BCUT2D eigenvalue weighted by Gasteiger charge is -2.25. The van der Waals surface area contributed by atoms with E-state index in [1.54, 1.807) is 103 Å². The van der Waals surface area contributed by atoms with Gasteiger partial charge in [-0.1, -0.05) is 78.9 Å². The van der Waals surface area contributed by atoms with Crippen molar-refractivity contribution >= 4 is 48.5 Å². The van der Waals surface area contributed by atoms with E-state index in [0.717, 1.165) is 15.6 Å². The summed E-state index contributed by atoms with van der Waals surface area (Å²) in [5, 5.41) is 0. The van der Waals surface area contributed by atoms with E-state index < -0.39 is 62.6 Å². The zero-order chi connectivity index (χ0) is 41.6. The summed E-state index contributed by atoms with van der Waals surface area (Å²) >= 11 is 0. The third kappa shape index (κ3) is 8.21. The zero-order valence-electron chi connectivity index (χ0n) is 31.3. The van der Waals surface area contributed by atoms with Gasteiger partial charge in [-0.05, 0) is 48.5 Å². The van der Waals surface area contributed by atoms with Crippen molar-refractivity contribution in [3.05, 3.63) is 187 Å². The number of benzene rings is 4. The van der Waals surface area contributed by atoms with E-state index in [2.05, 4.69) is 15.0 Å². The van der Waals surface area contributed by atoms with Crippen molar-refractivity contribution in [3.63, 3.8) is 0 Å². The summed E-state index contributed by atoms with van der Waals surface area (Å²) in [6.45, 7) is -0.691. The van der Waals surface area contributed by atoms with Crippen molar-refractivity contribution in [2.24, 2.45) is 0 Å². The van der Waals surface area contributed by atoms with Gasteiger partial charge in [0.2, 0.25) is 0 Å². The normalized spacial score (nSPS) is 18.3. The molecule has 1 aliphatic heterocycles. The van der Waals surface area contributed by atoms with Gasteiger partial charge < -0.3 is 19.1 Å². The molecule has 0 spiro atoms. The molecule has 1 fully saturated rings. The minimum absolute atomic E-state index is 0.0153. The highest BCUT2D eigenvalue weighted by Gasteiger charge is 2.52. The fraction of sp³-hybridized carbons (Fsp3) is 0.116. The Bertz CT molecular complexity index is 2640. The van der Waals surface area contributed by atoms with Crippen LogP contribution in [0, 0.1) is 0 Å². The van der Waals surface area contributed by atoms with Crippen LogP contribution in [0.3, 0.4) is 0 Å². The van der Waals surface area contributed by atoms with Crippen molar-refractivity contribution in [1.29, 1.82) is 0 Å². The Kier molecular flexibility index (Phi) is 11.4. The fourth-order valence-corrected chi connectivity index (χ4v) is 7.50. The summed E-state index contributed by atoms with van der Waals surface area (Å²) in [6, 6.07) is 37.0. The lowest BCUT2D eigenvalue weighted by atomic mass is 10.1. The largest absolute Gasteiger partial charge is 0.722 e. The number of hydrogen-bond acceptors (Lipinski definition) is 13. The Morgan fingerprint density at radius 3 is 1.68 bits per heavy atom. The Labute approximate surface area is 341 Å². The molecule has 0 N–H and O–H groups in total. The average molecular weight is 825 g/mol. The molecule has 4 aromatic carbocycles. The molecular formula is C43H33N6O10P. The van der Waals surface area contributed by atoms with Crippen molar-refractivity contribution in [3.8, 4) is 0 Å². The fourth-order valence-electron chi connectivity index (χ4n) is 6.55. The van der Waals surface area contributed by atoms with E-state index in [0.29, 0.717) is 0 Å². The number of imide groups is 1. The maximum absolute atomic E-state index is 14.2. The van der Waals surface area contributed by atoms with Crippen LogP contribution in [0.15, 0.2) is 165 Å². The molecular weight excluding hydrogens is 791 g/mol. The van der Waals surface area contributed by atoms with E-state index in [4.69, 9.17) is 18.7 Å². The number of nitrogens with zero attached hydrogens (tertiary/aromatic N) is 6. The first-order valence-electron chi connectivity index (χ1n) is 18.5. The molecule has 1 aliphatic rings. The van der Waals surface area contributed by atoms with Gasteiger partial charge in [0.25, 0.3) is 11.8 Å². The highest BCUT2D eigenvalue weighted by molar-refractivity contribution is 7.43. The van der Waals surface area contributed by atoms with Crippen LogP contribution in [-0.2, 0) is 23.3 Å². The number of imidazole rings is 1. The van der Waals surface area contributed by atoms with Crippen molar-refractivity contribution in [2.45, 2.75) is 24.5 Å². The van der Waals surface area contributed by atoms with Gasteiger partial charge in [0.1, 0.15) is 12.4 Å². The number of ether oxygens (including phenoxy) is 3. The number of esters is 2. The first kappa shape index (κ1) is 39.6. The lowest BCUT2D eigenvalue weighted by molar-refractivity contribution is -0.573. The second-order valence-electron chi connectivity index (χ2n) is 13.3. The number of pyridine rings is 1. The third-order valence-electron chi connectivity index (χ3n) is 9.45. The average Bonchev–Trinajstić information content (AvgIpc) is 3.88. The van der Waals surface area contributed by atoms with Crippen LogP contribution in [0.5, 0.6) is 0 Å². The van der Waals surface area contributed by atoms with Crippen LogP contribution in [0.2, 0.25) is 0 Å². The number of anilines is 1. The molecule has 0 radical (unpaired) electrons. The predicted molar refractivity (Wildman–Crippen MR) is 210 cm³/mol. The number of carbonyl (C=O) groups excluding carboxylic acids is 4. The molecule has 16 nitrogen and oxygen atoms in total. The molecule has 1 unspecified atom stereocenters. The van der Waals surface area contributed by atoms with Crippen molar-refractivity contribution in [1.82, 2.24) is 19.5 Å². The summed E-state index contributed by atoms with van der Waals surface area (Å²) in [5.74, 6) is -3.22. The van der Waals surface area contributed by atoms with Crippen LogP contribution in [-0.4, -0.2) is 68.2 Å². The summed E-state index contributed by atoms with van der Waals surface area (Å²) in [6.07, 6.45) is -0.795. The van der Waals surface area contributed by atoms with E-state index >= 15 is 0 Å². The number of amides is 2. The Morgan fingerprint density at radius 1 is 0.667 bits per heavy atom. The van der Waals surface area contributed by atoms with Gasteiger partial charge in [-0.15, -0.1) is 0 Å². The molecule has 0 saturated carbocycles. The van der Waals surface area contributed by atoms with E-state index in [-0.39, 0.29) is 39.2 Å². The highest BCUT2D eigenvalue weighted by atomic mass is 31.2. The predicted octanol–water partition coefficient (Wildman–Crippen LogP) is 4.98. The smallest absolute Gasteiger partial charge is 0.407 e. The monoisotopic (exact) mass is 824 g/mol. The molecule has 1 saturated heterocycles. The molecule has 7 aromatic rings. The van der Waals surface area contributed by atoms with E-state index in [1.165, 1.54) is 59.7 Å². The van der Waals surface area contributed by atoms with Crippen LogP contribution in [0.4, 0.5) is 5.82 Å². The summed E-state index contributed by atoms with van der Waals surface area (Å²) in [5.41, 5.74) is 0.680. The van der Waals surface area contributed by atoms with Gasteiger partial charge in [-0.3, -0.25) is 18.7 Å². The topological polar surface area (TPSA) is 196 Å². The molecule has 300 valence electrons. The lowest BCUT2D eigenvalue weighted by Crippen LogP contribution is -2.42. The Balaban J connectivity index is 1.22. The second kappa shape index (κ2) is 17.3. The number of rotatable bonds is 12. The number of fused-ring (bicyclic) bond motifs is 1. The second-order valence-corrected chi connectivity index (χ2v) is 14.9. The van der Waals surface area contributed by atoms with Gasteiger partial charge in [-0.25, -0.2) is 34.0 Å². The number of hydrogen-bond donors (Lipinski definition) is 0. The van der Waals surface area contributed by atoms with Gasteiger partial charge in [0, 0.05) is 23.3 Å². The number of aromatic nitrogens is 5. The van der Waals surface area contributed by atoms with Crippen molar-refractivity contribution in [2.75, 3.05) is 11.5 Å². The minimum Gasteiger partial charge on any atom is -0.722 e. The van der Waals surface area contributed by atoms with Gasteiger partial charge in [0.15, 0.2) is 47.8 Å². The highest BCUT2D eigenvalue weighted by Crippen LogP contribution is 2.40. The summed E-state index contributed by atoms with van der Waals surface area (Å²) < 4.78 is 39.6. The standard InChI is InChI=1S/C43H33N6O10P/c50-39(29-16-6-1-7-17-29)49(40(51)30-18-8-2-9-19-30)38-34-37(44-27-45-38)48(28-46-34)41-36(59-43(53)32-22-12-4-13-23-32)35(58-42(52)31-20-10-3-11-21-31)33(57-41)26-56-60(54,55)47-24-14-5-15-25-47/h1-25,27-28,33,35-36,41H,26H2/t33-,35-,36-,41-/m1/s1. The van der Waals surface area contributed by atoms with E-state index in [9.17, 15) is 28.6 Å². The summed E-state index contributed by atoms with van der Waals surface area (Å²) in [7, 11) is -4.79. The van der Waals surface area contributed by atoms with Crippen LogP contribution >= 0.6 is 7.75 Å². The van der Waals surface area contributed by atoms with Gasteiger partial charge in [0.05, 0.1) is 24.1 Å². The molecule has 17 heteroatoms. The van der Waals surface area contributed by atoms with Crippen LogP contribution in [0.1, 0.15) is 47.7 Å². The molecule has 60 heavy (non-hydrogen) atoms. The Hall–Kier alpha value is -7.23. The first-order valence-corrected chi connectivity index (χ1v) is 20.0. The molecule has 8 rings (SSSR count). The van der Waals surface area contributed by atoms with Gasteiger partial charge in [-0.2, -0.15) is 4.34 Å². The minimum atomic E-state index is -4.79. The maximum atomic E-state index is 14.2. The van der Waals surface area contributed by atoms with Crippen LogP contribution in [0.25, 0.3) is 11.2 Å². The molecule has 2 amide bonds. The zero-order valence-corrected chi connectivity index (χ0v) is 32.2. The van der Waals surface area contributed by atoms with E-state index in [1.807, 2.05) is 0 Å². The van der Waals surface area contributed by atoms with Crippen molar-refractivity contribution < 1.29 is 51.7 Å². The number of carbonyl (C=O) groups is 4. The maximum Gasteiger partial charge on any atom is 0.407 e. The molecule has 5 atom stereocenters. The molecule has 0 bridgehead atoms.